The number of phenols is 4. The van der Waals surface area contributed by atoms with E-state index >= 15 is 0 Å². The van der Waals surface area contributed by atoms with Crippen LogP contribution in [0.3, 0.4) is 0 Å². The normalized spacial score (nSPS) is 15.9. The van der Waals surface area contributed by atoms with Crippen LogP contribution in [0, 0.1) is 13.8 Å². The number of ether oxygens (including phenoxy) is 4. The number of fused-ring (bicyclic) bond motifs is 6. The van der Waals surface area contributed by atoms with E-state index in [-0.39, 0.29) is 78.3 Å². The fraction of sp³-hybridized carbons (Fsp3) is 0.227. The Morgan fingerprint density at radius 1 is 0.517 bits per heavy atom. The first-order chi connectivity index (χ1) is 27.1. The molecule has 0 radical (unpaired) electrons. The fourth-order valence-electron chi connectivity index (χ4n) is 7.51. The monoisotopic (exact) mass is 788 g/mol. The Hall–Kier alpha value is -7.22. The van der Waals surface area contributed by atoms with Crippen molar-refractivity contribution in [2.24, 2.45) is 0 Å². The van der Waals surface area contributed by atoms with E-state index in [0.717, 1.165) is 14.2 Å². The molecule has 296 valence electrons. The zero-order valence-corrected chi connectivity index (χ0v) is 32.5. The summed E-state index contributed by atoms with van der Waals surface area (Å²) in [5.74, 6) is -5.81. The van der Waals surface area contributed by atoms with Crippen molar-refractivity contribution in [3.63, 3.8) is 0 Å². The number of rotatable bonds is 2. The first-order valence-corrected chi connectivity index (χ1v) is 17.8. The molecule has 0 unspecified atom stereocenters. The van der Waals surface area contributed by atoms with Crippen molar-refractivity contribution in [2.45, 2.75) is 52.7 Å². The van der Waals surface area contributed by atoms with Crippen LogP contribution in [0.1, 0.15) is 134 Å². The van der Waals surface area contributed by atoms with Crippen molar-refractivity contribution in [1.29, 1.82) is 0 Å². The van der Waals surface area contributed by atoms with Gasteiger partial charge in [-0.05, 0) is 101 Å². The predicted molar refractivity (Wildman–Crippen MR) is 206 cm³/mol. The molecule has 14 heteroatoms. The van der Waals surface area contributed by atoms with Crippen LogP contribution in [0.5, 0.6) is 34.5 Å². The molecule has 0 saturated heterocycles. The summed E-state index contributed by atoms with van der Waals surface area (Å²) in [5.41, 5.74) is -1.80. The van der Waals surface area contributed by atoms with E-state index in [4.69, 9.17) is 9.47 Å². The SMILES string of the molecule is COC(=O)c1c(C)cc2c(c1O)C(=O)c1c(cc3c(c1O)C=CC(C)(C)O3)C2=O.COC(=O)c1c(C)cc2c(c1O)C(=O)c1c(cc3c(c1O)C=CC(C)(C)O3)C2=O. The third-order valence-electron chi connectivity index (χ3n) is 10.3. The molecule has 0 aromatic heterocycles. The Morgan fingerprint density at radius 2 is 0.828 bits per heavy atom. The lowest BCUT2D eigenvalue weighted by molar-refractivity contribution is 0.0586. The lowest BCUT2D eigenvalue weighted by atomic mass is 9.79. The van der Waals surface area contributed by atoms with Crippen molar-refractivity contribution in [2.75, 3.05) is 14.2 Å². The first kappa shape index (κ1) is 39.0. The number of aromatic hydroxyl groups is 4. The van der Waals surface area contributed by atoms with Gasteiger partial charge in [0.2, 0.25) is 11.6 Å². The third-order valence-corrected chi connectivity index (χ3v) is 10.3. The Bertz CT molecular complexity index is 2520. The van der Waals surface area contributed by atoms with Gasteiger partial charge in [-0.15, -0.1) is 0 Å². The summed E-state index contributed by atoms with van der Waals surface area (Å²) in [7, 11) is 2.30. The minimum absolute atomic E-state index is 0.0190. The maximum absolute atomic E-state index is 13.2. The van der Waals surface area contributed by atoms with Crippen molar-refractivity contribution >= 4 is 47.2 Å². The highest BCUT2D eigenvalue weighted by molar-refractivity contribution is 6.32. The van der Waals surface area contributed by atoms with Crippen LogP contribution in [0.15, 0.2) is 36.4 Å². The zero-order valence-electron chi connectivity index (χ0n) is 32.5. The van der Waals surface area contributed by atoms with E-state index in [9.17, 15) is 49.2 Å². The number of benzene rings is 4. The molecule has 0 amide bonds. The molecule has 0 bridgehead atoms. The van der Waals surface area contributed by atoms with Gasteiger partial charge >= 0.3 is 11.9 Å². The van der Waals surface area contributed by atoms with E-state index in [2.05, 4.69) is 9.47 Å². The van der Waals surface area contributed by atoms with Gasteiger partial charge in [-0.1, -0.05) is 0 Å². The van der Waals surface area contributed by atoms with Gasteiger partial charge in [0.05, 0.1) is 47.6 Å². The summed E-state index contributed by atoms with van der Waals surface area (Å²) < 4.78 is 21.0. The molecule has 2 aliphatic heterocycles. The number of carbonyl (C=O) groups is 6. The average molecular weight is 789 g/mol. The summed E-state index contributed by atoms with van der Waals surface area (Å²) in [6.07, 6.45) is 6.69. The minimum atomic E-state index is -0.831. The molecule has 0 spiro atoms. The van der Waals surface area contributed by atoms with E-state index in [1.807, 2.05) is 27.7 Å². The van der Waals surface area contributed by atoms with E-state index in [1.165, 1.54) is 38.1 Å². The van der Waals surface area contributed by atoms with Gasteiger partial charge in [-0.2, -0.15) is 0 Å². The van der Waals surface area contributed by atoms with Crippen molar-refractivity contribution in [1.82, 2.24) is 0 Å². The zero-order chi connectivity index (χ0) is 42.5. The predicted octanol–water partition coefficient (Wildman–Crippen LogP) is 6.30. The molecule has 0 atom stereocenters. The number of aryl methyl sites for hydroxylation is 2. The van der Waals surface area contributed by atoms with E-state index in [1.54, 1.807) is 24.3 Å². The molecule has 4 aliphatic rings. The topological polar surface area (TPSA) is 220 Å². The van der Waals surface area contributed by atoms with Gasteiger partial charge in [0.25, 0.3) is 0 Å². The summed E-state index contributed by atoms with van der Waals surface area (Å²) in [4.78, 5) is 76.8. The molecular weight excluding hydrogens is 752 g/mol. The standard InChI is InChI=1S/2C22H18O7/c2*1-9-7-11-16(19(25)14(9)21(27)28-4)20(26)15-12(17(11)23)8-13-10(18(15)24)5-6-22(2,3)29-13/h2*5-8,24-25H,1-4H3. The summed E-state index contributed by atoms with van der Waals surface area (Å²) in [5, 5.41) is 42.8. The number of phenolic OH excluding ortho intramolecular Hbond substituents is 4. The Morgan fingerprint density at radius 3 is 1.16 bits per heavy atom. The third kappa shape index (κ3) is 5.78. The summed E-state index contributed by atoms with van der Waals surface area (Å²) >= 11 is 0. The van der Waals surface area contributed by atoms with Crippen LogP contribution in [-0.2, 0) is 9.47 Å². The lowest BCUT2D eigenvalue weighted by Crippen LogP contribution is -2.29. The van der Waals surface area contributed by atoms with Crippen molar-refractivity contribution < 1.29 is 68.1 Å². The molecule has 2 heterocycles. The summed E-state index contributed by atoms with van der Waals surface area (Å²) in [6.45, 7) is 10.3. The molecule has 4 aromatic rings. The Kier molecular flexibility index (Phi) is 8.87. The van der Waals surface area contributed by atoms with Gasteiger partial charge in [-0.3, -0.25) is 19.2 Å². The van der Waals surface area contributed by atoms with Crippen molar-refractivity contribution in [3.8, 4) is 34.5 Å². The highest BCUT2D eigenvalue weighted by Gasteiger charge is 2.41. The van der Waals surface area contributed by atoms with Crippen LogP contribution >= 0.6 is 0 Å². The van der Waals surface area contributed by atoms with Crippen LogP contribution in [0.4, 0.5) is 0 Å². The van der Waals surface area contributed by atoms with Crippen LogP contribution < -0.4 is 9.47 Å². The first-order valence-electron chi connectivity index (χ1n) is 17.8. The molecule has 4 aromatic carbocycles. The molecule has 2 aliphatic carbocycles. The number of methoxy groups -OCH3 is 2. The highest BCUT2D eigenvalue weighted by atomic mass is 16.5. The molecule has 4 N–H and O–H groups in total. The fourth-order valence-corrected chi connectivity index (χ4v) is 7.51. The maximum atomic E-state index is 13.2. The smallest absolute Gasteiger partial charge is 0.341 e. The second-order valence-corrected chi connectivity index (χ2v) is 15.2. The molecule has 0 fully saturated rings. The quantitative estimate of drug-likeness (QED) is 0.141. The second-order valence-electron chi connectivity index (χ2n) is 15.2. The molecular formula is C44H36O14. The van der Waals surface area contributed by atoms with Gasteiger partial charge in [0.15, 0.2) is 11.6 Å². The van der Waals surface area contributed by atoms with Gasteiger partial charge in [0.1, 0.15) is 56.8 Å². The Labute approximate surface area is 330 Å². The molecule has 58 heavy (non-hydrogen) atoms. The van der Waals surface area contributed by atoms with Crippen molar-refractivity contribution in [3.05, 3.63) is 114 Å². The number of ketones is 4. The van der Waals surface area contributed by atoms with Gasteiger partial charge < -0.3 is 39.4 Å². The largest absolute Gasteiger partial charge is 0.506 e. The molecule has 14 nitrogen and oxygen atoms in total. The molecule has 0 saturated carbocycles. The van der Waals surface area contributed by atoms with E-state index < -0.39 is 69.3 Å². The average Bonchev–Trinajstić information content (AvgIpc) is 3.14. The minimum Gasteiger partial charge on any atom is -0.506 e. The lowest BCUT2D eigenvalue weighted by Gasteiger charge is -2.30. The molecule has 8 rings (SSSR count). The number of carbonyl (C=O) groups excluding carboxylic acids is 6. The number of hydrogen-bond donors (Lipinski definition) is 4. The summed E-state index contributed by atoms with van der Waals surface area (Å²) in [6, 6.07) is 5.59. The number of esters is 2. The van der Waals surface area contributed by atoms with Crippen LogP contribution in [0.25, 0.3) is 12.2 Å². The van der Waals surface area contributed by atoms with Crippen LogP contribution in [0.2, 0.25) is 0 Å². The number of hydrogen-bond acceptors (Lipinski definition) is 14. The highest BCUT2D eigenvalue weighted by Crippen LogP contribution is 2.48. The van der Waals surface area contributed by atoms with Gasteiger partial charge in [-0.25, -0.2) is 9.59 Å². The van der Waals surface area contributed by atoms with Gasteiger partial charge in [0, 0.05) is 22.3 Å². The van der Waals surface area contributed by atoms with E-state index in [0.29, 0.717) is 11.1 Å². The maximum Gasteiger partial charge on any atom is 0.341 e. The van der Waals surface area contributed by atoms with Crippen LogP contribution in [-0.4, -0.2) is 80.9 Å². The Balaban J connectivity index is 0.000000177. The second kappa shape index (κ2) is 13.2.